The van der Waals surface area contributed by atoms with Crippen molar-refractivity contribution in [2.45, 2.75) is 25.7 Å². The monoisotopic (exact) mass is 280 g/mol. The highest BCUT2D eigenvalue weighted by Crippen LogP contribution is 2.61. The molecule has 0 heterocycles. The van der Waals surface area contributed by atoms with E-state index in [1.54, 1.807) is 0 Å². The van der Waals surface area contributed by atoms with E-state index < -0.39 is 0 Å². The first-order chi connectivity index (χ1) is 8.61. The smallest absolute Gasteiger partial charge is 0.105 e. The van der Waals surface area contributed by atoms with Crippen LogP contribution in [0.1, 0.15) is 31.2 Å². The summed E-state index contributed by atoms with van der Waals surface area (Å²) in [5, 5.41) is 4.14. The maximum Gasteiger partial charge on any atom is 0.105 e. The van der Waals surface area contributed by atoms with Crippen LogP contribution in [0.4, 0.5) is 5.69 Å². The van der Waals surface area contributed by atoms with Gasteiger partial charge in [-0.05, 0) is 55.2 Å². The molecule has 1 aromatic rings. The minimum Gasteiger partial charge on any atom is -0.389 e. The van der Waals surface area contributed by atoms with E-state index in [4.69, 9.17) is 29.6 Å². The molecule has 1 aromatic carbocycles. The van der Waals surface area contributed by atoms with Gasteiger partial charge in [0.15, 0.2) is 0 Å². The van der Waals surface area contributed by atoms with Gasteiger partial charge in [-0.3, -0.25) is 0 Å². The van der Waals surface area contributed by atoms with Gasteiger partial charge in [0.05, 0.1) is 5.02 Å². The fourth-order valence-electron chi connectivity index (χ4n) is 2.69. The number of hydrogen-bond acceptors (Lipinski definition) is 2. The topological polar surface area (TPSA) is 38.0 Å². The Kier molecular flexibility index (Phi) is 2.99. The Bertz CT molecular complexity index is 493. The Morgan fingerprint density at radius 2 is 2.17 bits per heavy atom. The molecule has 96 valence electrons. The van der Waals surface area contributed by atoms with Gasteiger partial charge >= 0.3 is 0 Å². The van der Waals surface area contributed by atoms with E-state index in [9.17, 15) is 0 Å². The number of nitrogens with two attached hydrogens (primary N) is 1. The van der Waals surface area contributed by atoms with Crippen molar-refractivity contribution >= 4 is 34.5 Å². The van der Waals surface area contributed by atoms with E-state index in [1.807, 2.05) is 18.2 Å². The average molecular weight is 281 g/mol. The SMILES string of the molecule is NC(=S)c1ccc(NCC2(C3CC3)CC2)cc1Cl. The van der Waals surface area contributed by atoms with Gasteiger partial charge in [-0.15, -0.1) is 0 Å². The first kappa shape index (κ1) is 12.2. The molecule has 0 spiro atoms. The molecule has 0 amide bonds. The molecule has 18 heavy (non-hydrogen) atoms. The maximum absolute atomic E-state index is 6.16. The molecule has 0 radical (unpaired) electrons. The van der Waals surface area contributed by atoms with Crippen molar-refractivity contribution in [3.63, 3.8) is 0 Å². The van der Waals surface area contributed by atoms with Gasteiger partial charge in [0.25, 0.3) is 0 Å². The fraction of sp³-hybridized carbons (Fsp3) is 0.500. The Labute approximate surface area is 118 Å². The summed E-state index contributed by atoms with van der Waals surface area (Å²) in [5.74, 6) is 0.969. The predicted molar refractivity (Wildman–Crippen MR) is 80.2 cm³/mol. The highest BCUT2D eigenvalue weighted by molar-refractivity contribution is 7.80. The minimum absolute atomic E-state index is 0.350. The van der Waals surface area contributed by atoms with Gasteiger partial charge < -0.3 is 11.1 Å². The first-order valence-corrected chi connectivity index (χ1v) is 7.23. The predicted octanol–water partition coefficient (Wildman–Crippen LogP) is 3.58. The molecule has 3 rings (SSSR count). The molecule has 2 aliphatic rings. The van der Waals surface area contributed by atoms with Crippen LogP contribution in [0.2, 0.25) is 5.02 Å². The van der Waals surface area contributed by atoms with Crippen molar-refractivity contribution in [1.29, 1.82) is 0 Å². The average Bonchev–Trinajstić information content (AvgIpc) is 3.17. The molecule has 0 aliphatic heterocycles. The van der Waals surface area contributed by atoms with Crippen molar-refractivity contribution in [3.8, 4) is 0 Å². The summed E-state index contributed by atoms with van der Waals surface area (Å²) in [4.78, 5) is 0.350. The number of thiocarbonyl (C=S) groups is 1. The Morgan fingerprint density at radius 1 is 1.44 bits per heavy atom. The van der Waals surface area contributed by atoms with Crippen LogP contribution in [0.5, 0.6) is 0 Å². The summed E-state index contributed by atoms with van der Waals surface area (Å²) in [7, 11) is 0. The highest BCUT2D eigenvalue weighted by atomic mass is 35.5. The van der Waals surface area contributed by atoms with Crippen molar-refractivity contribution < 1.29 is 0 Å². The van der Waals surface area contributed by atoms with Crippen molar-refractivity contribution in [2.75, 3.05) is 11.9 Å². The zero-order valence-corrected chi connectivity index (χ0v) is 11.8. The van der Waals surface area contributed by atoms with E-state index in [2.05, 4.69) is 5.32 Å². The summed E-state index contributed by atoms with van der Waals surface area (Å²) in [6, 6.07) is 5.81. The first-order valence-electron chi connectivity index (χ1n) is 6.44. The molecule has 2 fully saturated rings. The van der Waals surface area contributed by atoms with Gasteiger partial charge in [-0.25, -0.2) is 0 Å². The lowest BCUT2D eigenvalue weighted by Gasteiger charge is -2.16. The molecule has 2 aliphatic carbocycles. The third kappa shape index (κ3) is 2.34. The van der Waals surface area contributed by atoms with Gasteiger partial charge in [-0.1, -0.05) is 23.8 Å². The Morgan fingerprint density at radius 3 is 2.67 bits per heavy atom. The molecule has 0 aromatic heterocycles. The van der Waals surface area contributed by atoms with Crippen LogP contribution in [-0.4, -0.2) is 11.5 Å². The molecule has 4 heteroatoms. The summed E-state index contributed by atoms with van der Waals surface area (Å²) in [6.45, 7) is 1.07. The summed E-state index contributed by atoms with van der Waals surface area (Å²) < 4.78 is 0. The molecule has 3 N–H and O–H groups in total. The van der Waals surface area contributed by atoms with E-state index in [-0.39, 0.29) is 0 Å². The number of hydrogen-bond donors (Lipinski definition) is 2. The molecule has 0 atom stereocenters. The number of nitrogens with one attached hydrogen (secondary N) is 1. The minimum atomic E-state index is 0.350. The van der Waals surface area contributed by atoms with E-state index >= 15 is 0 Å². The fourth-order valence-corrected chi connectivity index (χ4v) is 3.20. The van der Waals surface area contributed by atoms with Gasteiger partial charge in [0, 0.05) is 17.8 Å². The number of halogens is 1. The second-order valence-electron chi connectivity index (χ2n) is 5.55. The van der Waals surface area contributed by atoms with E-state index in [0.717, 1.165) is 23.7 Å². The molecule has 2 nitrogen and oxygen atoms in total. The van der Waals surface area contributed by atoms with Crippen LogP contribution in [-0.2, 0) is 0 Å². The molecule has 0 unspecified atom stereocenters. The third-order valence-electron chi connectivity index (χ3n) is 4.21. The second-order valence-corrected chi connectivity index (χ2v) is 6.40. The lowest BCUT2D eigenvalue weighted by atomic mass is 10.0. The lowest BCUT2D eigenvalue weighted by Crippen LogP contribution is -2.17. The van der Waals surface area contributed by atoms with Crippen molar-refractivity contribution in [1.82, 2.24) is 0 Å². The zero-order chi connectivity index (χ0) is 12.8. The summed E-state index contributed by atoms with van der Waals surface area (Å²) >= 11 is 11.1. The van der Waals surface area contributed by atoms with Crippen LogP contribution in [0.15, 0.2) is 18.2 Å². The van der Waals surface area contributed by atoms with Crippen LogP contribution in [0, 0.1) is 11.3 Å². The quantitative estimate of drug-likeness (QED) is 0.810. The van der Waals surface area contributed by atoms with Crippen molar-refractivity contribution in [3.05, 3.63) is 28.8 Å². The number of benzene rings is 1. The Balaban J connectivity index is 1.66. The molecule has 0 bridgehead atoms. The summed E-state index contributed by atoms with van der Waals surface area (Å²) in [5.41, 5.74) is 8.00. The van der Waals surface area contributed by atoms with Crippen molar-refractivity contribution in [2.24, 2.45) is 17.1 Å². The van der Waals surface area contributed by atoms with Gasteiger partial charge in [-0.2, -0.15) is 0 Å². The van der Waals surface area contributed by atoms with Crippen LogP contribution < -0.4 is 11.1 Å². The maximum atomic E-state index is 6.16. The lowest BCUT2D eigenvalue weighted by molar-refractivity contribution is 0.467. The van der Waals surface area contributed by atoms with E-state index in [0.29, 0.717) is 15.4 Å². The molecular weight excluding hydrogens is 264 g/mol. The van der Waals surface area contributed by atoms with Gasteiger partial charge in [0.1, 0.15) is 4.99 Å². The van der Waals surface area contributed by atoms with Crippen LogP contribution in [0.25, 0.3) is 0 Å². The normalized spacial score (nSPS) is 20.5. The summed E-state index contributed by atoms with van der Waals surface area (Å²) in [6.07, 6.45) is 5.60. The standard InChI is InChI=1S/C14H17ClN2S/c15-12-7-10(3-4-11(12)13(16)18)17-8-14(5-6-14)9-1-2-9/h3-4,7,9,17H,1-2,5-6,8H2,(H2,16,18). The van der Waals surface area contributed by atoms with Gasteiger partial charge in [0.2, 0.25) is 0 Å². The zero-order valence-electron chi connectivity index (χ0n) is 10.2. The second kappa shape index (κ2) is 4.39. The Hall–Kier alpha value is -0.800. The molecule has 0 saturated heterocycles. The third-order valence-corrected chi connectivity index (χ3v) is 4.75. The van der Waals surface area contributed by atoms with Crippen LogP contribution in [0.3, 0.4) is 0 Å². The number of anilines is 1. The molecular formula is C14H17ClN2S. The largest absolute Gasteiger partial charge is 0.389 e. The highest BCUT2D eigenvalue weighted by Gasteiger charge is 2.53. The molecule has 2 saturated carbocycles. The number of rotatable bonds is 5. The van der Waals surface area contributed by atoms with E-state index in [1.165, 1.54) is 25.7 Å². The van der Waals surface area contributed by atoms with Crippen LogP contribution >= 0.6 is 23.8 Å².